The summed E-state index contributed by atoms with van der Waals surface area (Å²) in [7, 11) is 0. The molecule has 84 valence electrons. The number of hydrogen-bond donors (Lipinski definition) is 0. The van der Waals surface area contributed by atoms with Gasteiger partial charge in [-0.25, -0.2) is 8.78 Å². The van der Waals surface area contributed by atoms with Gasteiger partial charge >= 0.3 is 5.97 Å². The quantitative estimate of drug-likeness (QED) is 0.627. The Hall–Kier alpha value is -0.670. The van der Waals surface area contributed by atoms with E-state index in [0.717, 1.165) is 0 Å². The van der Waals surface area contributed by atoms with Gasteiger partial charge in [0.15, 0.2) is 0 Å². The van der Waals surface area contributed by atoms with Gasteiger partial charge in [-0.3, -0.25) is 4.79 Å². The van der Waals surface area contributed by atoms with Crippen LogP contribution in [0, 0.1) is 5.41 Å². The topological polar surface area (TPSA) is 26.3 Å². The lowest BCUT2D eigenvalue weighted by atomic mass is 9.91. The van der Waals surface area contributed by atoms with Crippen LogP contribution in [0.3, 0.4) is 0 Å². The highest BCUT2D eigenvalue weighted by Crippen LogP contribution is 2.21. The van der Waals surface area contributed by atoms with E-state index in [1.165, 1.54) is 0 Å². The summed E-state index contributed by atoms with van der Waals surface area (Å²) in [4.78, 5) is 11.3. The molecule has 0 radical (unpaired) electrons. The third-order valence-corrected chi connectivity index (χ3v) is 2.27. The van der Waals surface area contributed by atoms with Gasteiger partial charge in [0.2, 0.25) is 0 Å². The number of carbonyl (C=O) groups excluding carboxylic acids is 1. The van der Waals surface area contributed by atoms with Crippen molar-refractivity contribution in [1.29, 1.82) is 0 Å². The summed E-state index contributed by atoms with van der Waals surface area (Å²) in [6.45, 7) is 4.33. The molecule has 14 heavy (non-hydrogen) atoms. The van der Waals surface area contributed by atoms with Gasteiger partial charge in [0.05, 0.1) is 12.0 Å². The van der Waals surface area contributed by atoms with Crippen LogP contribution in [0.5, 0.6) is 0 Å². The van der Waals surface area contributed by atoms with Crippen molar-refractivity contribution in [2.45, 2.75) is 39.8 Å². The summed E-state index contributed by atoms with van der Waals surface area (Å²) >= 11 is 0. The summed E-state index contributed by atoms with van der Waals surface area (Å²) < 4.78 is 28.9. The molecular weight excluding hydrogens is 190 g/mol. The van der Waals surface area contributed by atoms with E-state index in [0.29, 0.717) is 6.42 Å². The van der Waals surface area contributed by atoms with Crippen LogP contribution in [0.25, 0.3) is 0 Å². The van der Waals surface area contributed by atoms with Crippen LogP contribution >= 0.6 is 0 Å². The minimum Gasteiger partial charge on any atom is -0.465 e. The normalized spacial score (nSPS) is 13.8. The molecule has 0 spiro atoms. The lowest BCUT2D eigenvalue weighted by Gasteiger charge is -2.20. The number of carbonyl (C=O) groups is 1. The molecular formula is C10H18F2O2. The molecule has 0 fully saturated rings. The molecule has 4 heteroatoms. The van der Waals surface area contributed by atoms with E-state index in [4.69, 9.17) is 4.74 Å². The van der Waals surface area contributed by atoms with Gasteiger partial charge in [-0.2, -0.15) is 0 Å². The Morgan fingerprint density at radius 1 is 1.50 bits per heavy atom. The first kappa shape index (κ1) is 13.3. The highest BCUT2D eigenvalue weighted by atomic mass is 19.2. The molecule has 0 heterocycles. The van der Waals surface area contributed by atoms with E-state index >= 15 is 0 Å². The zero-order chi connectivity index (χ0) is 11.2. The van der Waals surface area contributed by atoms with Crippen LogP contribution in [0.2, 0.25) is 0 Å². The molecule has 0 saturated carbocycles. The molecule has 0 aliphatic rings. The standard InChI is InChI=1S/C10H18F2O2/c1-4-10(2,3)9(13)14-6-5-8(12)7-11/h8H,4-7H2,1-3H3. The maximum atomic E-state index is 12.4. The molecule has 0 saturated heterocycles. The fourth-order valence-electron chi connectivity index (χ4n) is 0.696. The maximum absolute atomic E-state index is 12.4. The average molecular weight is 208 g/mol. The Bertz CT molecular complexity index is 181. The minimum absolute atomic E-state index is 0.0483. The molecule has 0 aromatic carbocycles. The van der Waals surface area contributed by atoms with Crippen LogP contribution in [0.1, 0.15) is 33.6 Å². The average Bonchev–Trinajstić information content (AvgIpc) is 2.17. The van der Waals surface area contributed by atoms with Gasteiger partial charge in [0.25, 0.3) is 0 Å². The molecule has 2 nitrogen and oxygen atoms in total. The molecule has 0 rings (SSSR count). The lowest BCUT2D eigenvalue weighted by Crippen LogP contribution is -2.26. The van der Waals surface area contributed by atoms with Gasteiger partial charge in [0.1, 0.15) is 12.8 Å². The highest BCUT2D eigenvalue weighted by Gasteiger charge is 2.27. The Morgan fingerprint density at radius 3 is 2.50 bits per heavy atom. The number of halogens is 2. The van der Waals surface area contributed by atoms with Crippen LogP contribution in [0.15, 0.2) is 0 Å². The molecule has 0 aromatic heterocycles. The van der Waals surface area contributed by atoms with E-state index in [1.807, 2.05) is 6.92 Å². The zero-order valence-electron chi connectivity index (χ0n) is 8.98. The Labute approximate surface area is 83.6 Å². The molecule has 0 N–H and O–H groups in total. The molecule has 0 aromatic rings. The van der Waals surface area contributed by atoms with Crippen molar-refractivity contribution in [3.05, 3.63) is 0 Å². The van der Waals surface area contributed by atoms with Crippen LogP contribution in [-0.4, -0.2) is 25.4 Å². The van der Waals surface area contributed by atoms with Crippen molar-refractivity contribution >= 4 is 5.97 Å². The minimum atomic E-state index is -1.52. The van der Waals surface area contributed by atoms with Gasteiger partial charge in [-0.05, 0) is 20.3 Å². The van der Waals surface area contributed by atoms with Crippen molar-refractivity contribution in [3.8, 4) is 0 Å². The number of ether oxygens (including phenoxy) is 1. The third-order valence-electron chi connectivity index (χ3n) is 2.27. The van der Waals surface area contributed by atoms with Crippen molar-refractivity contribution in [2.75, 3.05) is 13.3 Å². The van der Waals surface area contributed by atoms with Gasteiger partial charge in [-0.1, -0.05) is 6.92 Å². The summed E-state index contributed by atoms with van der Waals surface area (Å²) in [5.74, 6) is -0.356. The molecule has 0 amide bonds. The number of alkyl halides is 2. The maximum Gasteiger partial charge on any atom is 0.311 e. The first-order valence-electron chi connectivity index (χ1n) is 4.81. The molecule has 1 atom stereocenters. The van der Waals surface area contributed by atoms with Gasteiger partial charge in [-0.15, -0.1) is 0 Å². The Balaban J connectivity index is 3.75. The monoisotopic (exact) mass is 208 g/mol. The highest BCUT2D eigenvalue weighted by molar-refractivity contribution is 5.75. The predicted octanol–water partition coefficient (Wildman–Crippen LogP) is 2.66. The van der Waals surface area contributed by atoms with Crippen LogP contribution < -0.4 is 0 Å². The van der Waals surface area contributed by atoms with Gasteiger partial charge < -0.3 is 4.74 Å². The van der Waals surface area contributed by atoms with E-state index in [2.05, 4.69) is 0 Å². The smallest absolute Gasteiger partial charge is 0.311 e. The lowest BCUT2D eigenvalue weighted by molar-refractivity contribution is -0.154. The second kappa shape index (κ2) is 5.94. The number of hydrogen-bond acceptors (Lipinski definition) is 2. The third kappa shape index (κ3) is 4.53. The fraction of sp³-hybridized carbons (Fsp3) is 0.900. The predicted molar refractivity (Wildman–Crippen MR) is 50.5 cm³/mol. The number of rotatable bonds is 6. The SMILES string of the molecule is CCC(C)(C)C(=O)OCCC(F)CF. The van der Waals surface area contributed by atoms with E-state index in [1.54, 1.807) is 13.8 Å². The van der Waals surface area contributed by atoms with Crippen LogP contribution in [-0.2, 0) is 9.53 Å². The molecule has 1 unspecified atom stereocenters. The van der Waals surface area contributed by atoms with Crippen molar-refractivity contribution in [2.24, 2.45) is 5.41 Å². The largest absolute Gasteiger partial charge is 0.465 e. The summed E-state index contributed by atoms with van der Waals surface area (Å²) in [6, 6.07) is 0. The van der Waals surface area contributed by atoms with Gasteiger partial charge in [0, 0.05) is 6.42 Å². The van der Waals surface area contributed by atoms with E-state index in [9.17, 15) is 13.6 Å². The van der Waals surface area contributed by atoms with E-state index < -0.39 is 18.3 Å². The Kier molecular flexibility index (Phi) is 5.65. The first-order valence-corrected chi connectivity index (χ1v) is 4.81. The summed E-state index contributed by atoms with van der Waals surface area (Å²) in [6.07, 6.45) is -0.928. The van der Waals surface area contributed by atoms with Crippen molar-refractivity contribution in [3.63, 3.8) is 0 Å². The fourth-order valence-corrected chi connectivity index (χ4v) is 0.696. The molecule has 0 aliphatic carbocycles. The molecule has 0 bridgehead atoms. The van der Waals surface area contributed by atoms with Crippen LogP contribution in [0.4, 0.5) is 8.78 Å². The zero-order valence-corrected chi connectivity index (χ0v) is 8.98. The Morgan fingerprint density at radius 2 is 2.07 bits per heavy atom. The second-order valence-corrected chi connectivity index (χ2v) is 3.91. The molecule has 0 aliphatic heterocycles. The van der Waals surface area contributed by atoms with Crippen molar-refractivity contribution in [1.82, 2.24) is 0 Å². The van der Waals surface area contributed by atoms with E-state index in [-0.39, 0.29) is 19.0 Å². The summed E-state index contributed by atoms with van der Waals surface area (Å²) in [5.41, 5.74) is -0.540. The first-order chi connectivity index (χ1) is 6.44. The second-order valence-electron chi connectivity index (χ2n) is 3.91. The summed E-state index contributed by atoms with van der Waals surface area (Å²) in [5, 5.41) is 0. The number of esters is 1. The van der Waals surface area contributed by atoms with Crippen molar-refractivity contribution < 1.29 is 18.3 Å².